The van der Waals surface area contributed by atoms with E-state index in [-0.39, 0.29) is 24.1 Å². The number of rotatable bonds is 5. The molecule has 0 saturated heterocycles. The van der Waals surface area contributed by atoms with Crippen molar-refractivity contribution in [3.63, 3.8) is 0 Å². The summed E-state index contributed by atoms with van der Waals surface area (Å²) in [4.78, 5) is 25.4. The fraction of sp³-hybridized carbons (Fsp3) is 0.167. The molecule has 29 heavy (non-hydrogen) atoms. The molecule has 0 atom stereocenters. The zero-order valence-electron chi connectivity index (χ0n) is 16.4. The molecule has 1 amide bonds. The quantitative estimate of drug-likeness (QED) is 0.546. The Morgan fingerprint density at radius 3 is 2.59 bits per heavy atom. The smallest absolute Gasteiger partial charge is 0.258 e. The highest BCUT2D eigenvalue weighted by molar-refractivity contribution is 6.02. The second kappa shape index (κ2) is 7.80. The third-order valence-electron chi connectivity index (χ3n) is 4.70. The van der Waals surface area contributed by atoms with Crippen LogP contribution in [0.2, 0.25) is 0 Å². The summed E-state index contributed by atoms with van der Waals surface area (Å²) in [5.74, 6) is 0.473. The number of nitrogens with one attached hydrogen (secondary N) is 1. The molecule has 0 saturated carbocycles. The number of hydrogen-bond donors (Lipinski definition) is 1. The van der Waals surface area contributed by atoms with Gasteiger partial charge < -0.3 is 14.6 Å². The van der Waals surface area contributed by atoms with E-state index in [0.29, 0.717) is 5.39 Å². The lowest BCUT2D eigenvalue weighted by Gasteiger charge is -2.12. The van der Waals surface area contributed by atoms with Gasteiger partial charge in [0.25, 0.3) is 5.56 Å². The van der Waals surface area contributed by atoms with Crippen molar-refractivity contribution in [2.24, 2.45) is 0 Å². The molecule has 1 heterocycles. The van der Waals surface area contributed by atoms with E-state index >= 15 is 0 Å². The molecular weight excluding hydrogens is 364 g/mol. The van der Waals surface area contributed by atoms with Gasteiger partial charge in [0.2, 0.25) is 5.91 Å². The number of anilines is 1. The molecule has 1 aromatic heterocycles. The Morgan fingerprint density at radius 1 is 0.966 bits per heavy atom. The molecule has 1 N–H and O–H groups in total. The lowest BCUT2D eigenvalue weighted by molar-refractivity contribution is -0.116. The Kier molecular flexibility index (Phi) is 5.04. The SMILES string of the molecule is CC(C)Oc1ccc2c(=O)n(CC(=O)Nc3cccc4ccccc34)ccc2c1. The van der Waals surface area contributed by atoms with Crippen LogP contribution in [-0.4, -0.2) is 16.6 Å². The van der Waals surface area contributed by atoms with E-state index in [1.165, 1.54) is 4.57 Å². The third kappa shape index (κ3) is 3.99. The van der Waals surface area contributed by atoms with Crippen LogP contribution in [0.3, 0.4) is 0 Å². The topological polar surface area (TPSA) is 60.3 Å². The van der Waals surface area contributed by atoms with Crippen molar-refractivity contribution in [1.29, 1.82) is 0 Å². The van der Waals surface area contributed by atoms with E-state index in [4.69, 9.17) is 4.74 Å². The number of aromatic nitrogens is 1. The van der Waals surface area contributed by atoms with E-state index < -0.39 is 0 Å². The Labute approximate surface area is 168 Å². The Balaban J connectivity index is 1.58. The molecule has 5 heteroatoms. The van der Waals surface area contributed by atoms with Crippen molar-refractivity contribution >= 4 is 33.1 Å². The van der Waals surface area contributed by atoms with Crippen molar-refractivity contribution in [3.05, 3.63) is 83.3 Å². The first kappa shape index (κ1) is 18.7. The van der Waals surface area contributed by atoms with Gasteiger partial charge in [-0.25, -0.2) is 0 Å². The summed E-state index contributed by atoms with van der Waals surface area (Å²) in [6.45, 7) is 3.86. The minimum absolute atomic E-state index is 0.0533. The first-order valence-corrected chi connectivity index (χ1v) is 9.59. The summed E-state index contributed by atoms with van der Waals surface area (Å²) in [7, 11) is 0. The van der Waals surface area contributed by atoms with Crippen LogP contribution >= 0.6 is 0 Å². The van der Waals surface area contributed by atoms with E-state index in [0.717, 1.165) is 27.6 Å². The van der Waals surface area contributed by atoms with Gasteiger partial charge in [-0.2, -0.15) is 0 Å². The van der Waals surface area contributed by atoms with Crippen molar-refractivity contribution < 1.29 is 9.53 Å². The number of carbonyl (C=O) groups is 1. The molecule has 0 fully saturated rings. The molecule has 0 aliphatic heterocycles. The van der Waals surface area contributed by atoms with Crippen molar-refractivity contribution in [2.75, 3.05) is 5.32 Å². The van der Waals surface area contributed by atoms with Gasteiger partial charge in [-0.05, 0) is 55.0 Å². The van der Waals surface area contributed by atoms with Crippen LogP contribution in [0.5, 0.6) is 5.75 Å². The maximum absolute atomic E-state index is 12.8. The zero-order valence-corrected chi connectivity index (χ0v) is 16.4. The minimum atomic E-state index is -0.248. The molecule has 0 aliphatic carbocycles. The average Bonchev–Trinajstić information content (AvgIpc) is 2.70. The number of benzene rings is 3. The average molecular weight is 386 g/mol. The fourth-order valence-electron chi connectivity index (χ4n) is 3.41. The maximum Gasteiger partial charge on any atom is 0.258 e. The largest absolute Gasteiger partial charge is 0.491 e. The molecule has 0 aliphatic rings. The predicted molar refractivity (Wildman–Crippen MR) is 117 cm³/mol. The number of fused-ring (bicyclic) bond motifs is 2. The van der Waals surface area contributed by atoms with E-state index in [1.54, 1.807) is 18.3 Å². The Hall–Kier alpha value is -3.60. The van der Waals surface area contributed by atoms with Crippen molar-refractivity contribution in [2.45, 2.75) is 26.5 Å². The standard InChI is InChI=1S/C24H22N2O3/c1-16(2)29-19-10-11-21-18(14-19)12-13-26(24(21)28)15-23(27)25-22-9-5-7-17-6-3-4-8-20(17)22/h3-14,16H,15H2,1-2H3,(H,25,27). The molecule has 0 radical (unpaired) electrons. The summed E-state index contributed by atoms with van der Waals surface area (Å²) in [5.41, 5.74) is 0.532. The van der Waals surface area contributed by atoms with Gasteiger partial charge in [0.15, 0.2) is 0 Å². The maximum atomic E-state index is 12.8. The van der Waals surface area contributed by atoms with Crippen LogP contribution in [0.25, 0.3) is 21.5 Å². The van der Waals surface area contributed by atoms with Gasteiger partial charge in [0.1, 0.15) is 12.3 Å². The van der Waals surface area contributed by atoms with Crippen LogP contribution in [0.4, 0.5) is 5.69 Å². The van der Waals surface area contributed by atoms with Gasteiger partial charge in [0, 0.05) is 22.7 Å². The summed E-state index contributed by atoms with van der Waals surface area (Å²) in [5, 5.41) is 6.28. The van der Waals surface area contributed by atoms with Crippen molar-refractivity contribution in [1.82, 2.24) is 4.57 Å². The molecule has 5 nitrogen and oxygen atoms in total. The highest BCUT2D eigenvalue weighted by atomic mass is 16.5. The lowest BCUT2D eigenvalue weighted by atomic mass is 10.1. The van der Waals surface area contributed by atoms with Crippen LogP contribution in [0, 0.1) is 0 Å². The predicted octanol–water partition coefficient (Wildman–Crippen LogP) is 4.58. The van der Waals surface area contributed by atoms with Gasteiger partial charge in [-0.3, -0.25) is 9.59 Å². The highest BCUT2D eigenvalue weighted by Crippen LogP contribution is 2.23. The summed E-state index contributed by atoms with van der Waals surface area (Å²) in [6.07, 6.45) is 1.71. The molecule has 3 aromatic carbocycles. The second-order valence-corrected chi connectivity index (χ2v) is 7.24. The molecular formula is C24H22N2O3. The van der Waals surface area contributed by atoms with Gasteiger partial charge in [-0.1, -0.05) is 36.4 Å². The lowest BCUT2D eigenvalue weighted by Crippen LogP contribution is -2.27. The molecule has 146 valence electrons. The molecule has 4 rings (SSSR count). The van der Waals surface area contributed by atoms with Gasteiger partial charge in [-0.15, -0.1) is 0 Å². The van der Waals surface area contributed by atoms with Crippen LogP contribution in [0.15, 0.2) is 77.7 Å². The van der Waals surface area contributed by atoms with E-state index in [9.17, 15) is 9.59 Å². The first-order chi connectivity index (χ1) is 14.0. The normalized spacial score (nSPS) is 11.1. The first-order valence-electron chi connectivity index (χ1n) is 9.59. The monoisotopic (exact) mass is 386 g/mol. The van der Waals surface area contributed by atoms with Crippen molar-refractivity contribution in [3.8, 4) is 5.75 Å². The minimum Gasteiger partial charge on any atom is -0.491 e. The number of nitrogens with zero attached hydrogens (tertiary/aromatic N) is 1. The molecule has 4 aromatic rings. The number of amides is 1. The van der Waals surface area contributed by atoms with E-state index in [1.807, 2.05) is 68.4 Å². The summed E-state index contributed by atoms with van der Waals surface area (Å²) in [6, 6.07) is 20.8. The van der Waals surface area contributed by atoms with Gasteiger partial charge in [0.05, 0.1) is 6.10 Å². The van der Waals surface area contributed by atoms with Crippen LogP contribution in [-0.2, 0) is 11.3 Å². The van der Waals surface area contributed by atoms with Gasteiger partial charge >= 0.3 is 0 Å². The van der Waals surface area contributed by atoms with E-state index in [2.05, 4.69) is 5.32 Å². The molecule has 0 bridgehead atoms. The Morgan fingerprint density at radius 2 is 1.76 bits per heavy atom. The number of hydrogen-bond acceptors (Lipinski definition) is 3. The second-order valence-electron chi connectivity index (χ2n) is 7.24. The fourth-order valence-corrected chi connectivity index (χ4v) is 3.41. The molecule has 0 spiro atoms. The number of ether oxygens (including phenoxy) is 1. The zero-order chi connectivity index (χ0) is 20.4. The Bertz CT molecular complexity index is 1250. The summed E-state index contributed by atoms with van der Waals surface area (Å²) < 4.78 is 7.11. The number of pyridine rings is 1. The third-order valence-corrected chi connectivity index (χ3v) is 4.70. The van der Waals surface area contributed by atoms with Crippen LogP contribution < -0.4 is 15.6 Å². The highest BCUT2D eigenvalue weighted by Gasteiger charge is 2.10. The number of carbonyl (C=O) groups excluding carboxylic acids is 1. The van der Waals surface area contributed by atoms with Crippen LogP contribution in [0.1, 0.15) is 13.8 Å². The summed E-state index contributed by atoms with van der Waals surface area (Å²) >= 11 is 0. The molecule has 0 unspecified atom stereocenters.